The van der Waals surface area contributed by atoms with E-state index >= 15 is 0 Å². The molecule has 160 valence electrons. The number of amides is 1. The van der Waals surface area contributed by atoms with Gasteiger partial charge in [-0.15, -0.1) is 0 Å². The van der Waals surface area contributed by atoms with E-state index in [1.807, 2.05) is 12.1 Å². The number of carbonyl (C=O) groups is 1. The molecule has 0 saturated carbocycles. The van der Waals surface area contributed by atoms with Crippen LogP contribution in [0.25, 0.3) is 33.5 Å². The van der Waals surface area contributed by atoms with Crippen molar-refractivity contribution >= 4 is 33.5 Å². The smallest absolute Gasteiger partial charge is 0.251 e. The quantitative estimate of drug-likeness (QED) is 0.360. The van der Waals surface area contributed by atoms with Crippen molar-refractivity contribution in [1.29, 1.82) is 0 Å². The SMILES string of the molecule is NCCCNC(=O)c1ccc2[nH]nc(-c3nc4ccc(N5CCCCC5)cc4[nH]3)c2c1. The van der Waals surface area contributed by atoms with E-state index in [0.717, 1.165) is 41.4 Å². The minimum Gasteiger partial charge on any atom is -0.371 e. The highest BCUT2D eigenvalue weighted by atomic mass is 16.1. The van der Waals surface area contributed by atoms with Gasteiger partial charge in [-0.05, 0) is 68.6 Å². The van der Waals surface area contributed by atoms with E-state index in [2.05, 4.69) is 43.6 Å². The number of anilines is 1. The lowest BCUT2D eigenvalue weighted by Gasteiger charge is -2.28. The van der Waals surface area contributed by atoms with Gasteiger partial charge >= 0.3 is 0 Å². The lowest BCUT2D eigenvalue weighted by atomic mass is 10.1. The van der Waals surface area contributed by atoms with Gasteiger partial charge in [-0.25, -0.2) is 4.98 Å². The zero-order valence-corrected chi connectivity index (χ0v) is 17.4. The van der Waals surface area contributed by atoms with Gasteiger partial charge in [0.15, 0.2) is 5.82 Å². The Labute approximate surface area is 180 Å². The number of fused-ring (bicyclic) bond motifs is 2. The van der Waals surface area contributed by atoms with Crippen LogP contribution >= 0.6 is 0 Å². The molecule has 3 heterocycles. The van der Waals surface area contributed by atoms with Gasteiger partial charge in [0.05, 0.1) is 16.6 Å². The lowest BCUT2D eigenvalue weighted by molar-refractivity contribution is 0.0953. The molecule has 1 amide bonds. The number of piperidine rings is 1. The molecule has 8 heteroatoms. The van der Waals surface area contributed by atoms with Crippen LogP contribution in [0.5, 0.6) is 0 Å². The zero-order chi connectivity index (χ0) is 21.2. The number of nitrogens with zero attached hydrogens (tertiary/aromatic N) is 3. The molecule has 5 rings (SSSR count). The van der Waals surface area contributed by atoms with E-state index < -0.39 is 0 Å². The third-order valence-corrected chi connectivity index (χ3v) is 5.90. The summed E-state index contributed by atoms with van der Waals surface area (Å²) in [5, 5.41) is 11.3. The first-order valence-corrected chi connectivity index (χ1v) is 10.9. The molecule has 0 spiro atoms. The number of aromatic nitrogens is 4. The summed E-state index contributed by atoms with van der Waals surface area (Å²) in [6.45, 7) is 3.32. The van der Waals surface area contributed by atoms with E-state index in [1.165, 1.54) is 24.9 Å². The third-order valence-electron chi connectivity index (χ3n) is 5.90. The molecule has 1 aliphatic rings. The lowest BCUT2D eigenvalue weighted by Crippen LogP contribution is -2.29. The molecule has 0 unspecified atom stereocenters. The number of benzene rings is 2. The number of nitrogens with one attached hydrogen (secondary N) is 3. The molecular formula is C23H27N7O. The fourth-order valence-corrected chi connectivity index (χ4v) is 4.20. The summed E-state index contributed by atoms with van der Waals surface area (Å²) in [6.07, 6.45) is 4.55. The molecule has 0 bridgehead atoms. The molecule has 5 N–H and O–H groups in total. The van der Waals surface area contributed by atoms with Crippen molar-refractivity contribution < 1.29 is 4.79 Å². The van der Waals surface area contributed by atoms with Crippen LogP contribution in [0.4, 0.5) is 5.69 Å². The van der Waals surface area contributed by atoms with Gasteiger partial charge in [0, 0.05) is 36.3 Å². The Morgan fingerprint density at radius 3 is 2.81 bits per heavy atom. The van der Waals surface area contributed by atoms with Crippen molar-refractivity contribution in [1.82, 2.24) is 25.5 Å². The molecule has 1 aliphatic heterocycles. The van der Waals surface area contributed by atoms with E-state index in [9.17, 15) is 4.79 Å². The molecule has 31 heavy (non-hydrogen) atoms. The van der Waals surface area contributed by atoms with Crippen molar-refractivity contribution in [3.8, 4) is 11.5 Å². The van der Waals surface area contributed by atoms with E-state index in [-0.39, 0.29) is 5.91 Å². The van der Waals surface area contributed by atoms with Gasteiger partial charge in [-0.1, -0.05) is 0 Å². The van der Waals surface area contributed by atoms with Crippen molar-refractivity contribution in [2.75, 3.05) is 31.1 Å². The molecule has 2 aromatic carbocycles. The van der Waals surface area contributed by atoms with E-state index in [0.29, 0.717) is 30.2 Å². The van der Waals surface area contributed by atoms with Gasteiger partial charge < -0.3 is 20.9 Å². The summed E-state index contributed by atoms with van der Waals surface area (Å²) in [5.74, 6) is 0.580. The first-order chi connectivity index (χ1) is 15.2. The largest absolute Gasteiger partial charge is 0.371 e. The van der Waals surface area contributed by atoms with Crippen LogP contribution in [0, 0.1) is 0 Å². The highest BCUT2D eigenvalue weighted by Gasteiger charge is 2.16. The Morgan fingerprint density at radius 1 is 1.10 bits per heavy atom. The summed E-state index contributed by atoms with van der Waals surface area (Å²) < 4.78 is 0. The number of hydrogen-bond acceptors (Lipinski definition) is 5. The molecule has 1 fully saturated rings. The van der Waals surface area contributed by atoms with Crippen LogP contribution in [0.2, 0.25) is 0 Å². The number of hydrogen-bond donors (Lipinski definition) is 4. The Morgan fingerprint density at radius 2 is 1.97 bits per heavy atom. The van der Waals surface area contributed by atoms with Crippen LogP contribution in [-0.4, -0.2) is 52.3 Å². The summed E-state index contributed by atoms with van der Waals surface area (Å²) in [5.41, 5.74) is 10.8. The number of rotatable bonds is 6. The van der Waals surface area contributed by atoms with Crippen LogP contribution in [0.3, 0.4) is 0 Å². The molecule has 0 atom stereocenters. The fourth-order valence-electron chi connectivity index (χ4n) is 4.20. The van der Waals surface area contributed by atoms with Gasteiger partial charge in [0.25, 0.3) is 5.91 Å². The summed E-state index contributed by atoms with van der Waals surface area (Å²) in [6, 6.07) is 11.9. The first-order valence-electron chi connectivity index (χ1n) is 10.9. The second-order valence-electron chi connectivity index (χ2n) is 8.07. The average molecular weight is 418 g/mol. The minimum absolute atomic E-state index is 0.113. The molecular weight excluding hydrogens is 390 g/mol. The Hall–Kier alpha value is -3.39. The highest BCUT2D eigenvalue weighted by molar-refractivity contribution is 6.01. The maximum absolute atomic E-state index is 12.5. The zero-order valence-electron chi connectivity index (χ0n) is 17.4. The Kier molecular flexibility index (Phi) is 5.30. The molecule has 0 aliphatic carbocycles. The number of H-pyrrole nitrogens is 2. The first kappa shape index (κ1) is 19.6. The van der Waals surface area contributed by atoms with Crippen molar-refractivity contribution in [2.24, 2.45) is 5.73 Å². The monoisotopic (exact) mass is 417 g/mol. The molecule has 0 radical (unpaired) electrons. The van der Waals surface area contributed by atoms with Gasteiger partial charge in [0.1, 0.15) is 5.69 Å². The van der Waals surface area contributed by atoms with Crippen molar-refractivity contribution in [3.05, 3.63) is 42.0 Å². The topological polar surface area (TPSA) is 116 Å². The number of nitrogens with two attached hydrogens (primary N) is 1. The van der Waals surface area contributed by atoms with E-state index in [4.69, 9.17) is 10.7 Å². The average Bonchev–Trinajstić information content (AvgIpc) is 3.42. The van der Waals surface area contributed by atoms with Crippen molar-refractivity contribution in [3.63, 3.8) is 0 Å². The minimum atomic E-state index is -0.113. The van der Waals surface area contributed by atoms with Crippen LogP contribution in [0.15, 0.2) is 36.4 Å². The standard InChI is InChI=1S/C23H27N7O/c24-9-4-10-25-23(31)15-5-7-18-17(13-15)21(29-28-18)22-26-19-8-6-16(14-20(19)27-22)30-11-2-1-3-12-30/h5-8,13-14H,1-4,9-12,24H2,(H,25,31)(H,26,27)(H,28,29). The van der Waals surface area contributed by atoms with Crippen LogP contribution < -0.4 is 16.0 Å². The van der Waals surface area contributed by atoms with E-state index in [1.54, 1.807) is 6.07 Å². The fraction of sp³-hybridized carbons (Fsp3) is 0.348. The normalized spacial score (nSPS) is 14.4. The predicted molar refractivity (Wildman–Crippen MR) is 123 cm³/mol. The van der Waals surface area contributed by atoms with Crippen molar-refractivity contribution in [2.45, 2.75) is 25.7 Å². The summed E-state index contributed by atoms with van der Waals surface area (Å²) in [4.78, 5) is 23.1. The maximum atomic E-state index is 12.5. The molecule has 4 aromatic rings. The van der Waals surface area contributed by atoms with Gasteiger partial charge in [0.2, 0.25) is 0 Å². The Balaban J connectivity index is 1.46. The number of carbonyl (C=O) groups excluding carboxylic acids is 1. The maximum Gasteiger partial charge on any atom is 0.251 e. The predicted octanol–water partition coefficient (Wildman–Crippen LogP) is 3.18. The van der Waals surface area contributed by atoms with Crippen LogP contribution in [0.1, 0.15) is 36.0 Å². The second kappa shape index (κ2) is 8.39. The van der Waals surface area contributed by atoms with Gasteiger partial charge in [-0.2, -0.15) is 5.10 Å². The molecule has 1 saturated heterocycles. The van der Waals surface area contributed by atoms with Crippen LogP contribution in [-0.2, 0) is 0 Å². The summed E-state index contributed by atoms with van der Waals surface area (Å²) in [7, 11) is 0. The summed E-state index contributed by atoms with van der Waals surface area (Å²) >= 11 is 0. The van der Waals surface area contributed by atoms with Gasteiger partial charge in [-0.3, -0.25) is 9.89 Å². The third kappa shape index (κ3) is 3.86. The number of aromatic amines is 2. The number of imidazole rings is 1. The molecule has 2 aromatic heterocycles. The highest BCUT2D eigenvalue weighted by Crippen LogP contribution is 2.29. The Bertz CT molecular complexity index is 1220. The molecule has 8 nitrogen and oxygen atoms in total. The second-order valence-corrected chi connectivity index (χ2v) is 8.07.